The van der Waals surface area contributed by atoms with E-state index in [1.54, 1.807) is 24.7 Å². The number of nitriles is 1. The van der Waals surface area contributed by atoms with Gasteiger partial charge in [0.05, 0.1) is 5.56 Å². The van der Waals surface area contributed by atoms with Gasteiger partial charge in [-0.15, -0.1) is 0 Å². The van der Waals surface area contributed by atoms with Crippen molar-refractivity contribution in [1.29, 1.82) is 5.26 Å². The molecule has 0 aromatic carbocycles. The SMILES string of the molecule is N#Cc1c[nH]c(-c2nc(Cc3ccncc3)no2)c1. The van der Waals surface area contributed by atoms with Gasteiger partial charge >= 0.3 is 0 Å². The zero-order valence-corrected chi connectivity index (χ0v) is 9.87. The second kappa shape index (κ2) is 4.74. The number of aromatic amines is 1. The first kappa shape index (κ1) is 11.2. The quantitative estimate of drug-likeness (QED) is 0.767. The van der Waals surface area contributed by atoms with Gasteiger partial charge in [0.15, 0.2) is 5.82 Å². The van der Waals surface area contributed by atoms with E-state index in [0.29, 0.717) is 29.4 Å². The molecule has 0 fully saturated rings. The maximum Gasteiger partial charge on any atom is 0.274 e. The van der Waals surface area contributed by atoms with Crippen LogP contribution in [-0.4, -0.2) is 20.1 Å². The molecule has 3 aromatic heterocycles. The molecule has 0 radical (unpaired) electrons. The van der Waals surface area contributed by atoms with Gasteiger partial charge in [-0.1, -0.05) is 5.16 Å². The van der Waals surface area contributed by atoms with Crippen molar-refractivity contribution in [2.45, 2.75) is 6.42 Å². The lowest BCUT2D eigenvalue weighted by Gasteiger charge is -1.93. The van der Waals surface area contributed by atoms with E-state index in [4.69, 9.17) is 9.78 Å². The van der Waals surface area contributed by atoms with Gasteiger partial charge in [-0.25, -0.2) is 0 Å². The van der Waals surface area contributed by atoms with Crippen LogP contribution in [0, 0.1) is 11.3 Å². The number of nitrogens with zero attached hydrogens (tertiary/aromatic N) is 4. The van der Waals surface area contributed by atoms with Gasteiger partial charge in [0, 0.05) is 25.0 Å². The summed E-state index contributed by atoms with van der Waals surface area (Å²) in [5.41, 5.74) is 2.24. The summed E-state index contributed by atoms with van der Waals surface area (Å²) in [6, 6.07) is 7.51. The molecular weight excluding hydrogens is 242 g/mol. The molecule has 0 saturated carbocycles. The Labute approximate surface area is 108 Å². The van der Waals surface area contributed by atoms with E-state index in [1.807, 2.05) is 18.2 Å². The Hall–Kier alpha value is -2.94. The highest BCUT2D eigenvalue weighted by molar-refractivity contribution is 5.51. The minimum absolute atomic E-state index is 0.380. The molecule has 3 aromatic rings. The summed E-state index contributed by atoms with van der Waals surface area (Å²) < 4.78 is 5.16. The molecule has 6 nitrogen and oxygen atoms in total. The van der Waals surface area contributed by atoms with Gasteiger partial charge in [-0.05, 0) is 23.8 Å². The topological polar surface area (TPSA) is 91.4 Å². The number of hydrogen-bond donors (Lipinski definition) is 1. The largest absolute Gasteiger partial charge is 0.356 e. The van der Waals surface area contributed by atoms with Crippen molar-refractivity contribution >= 4 is 0 Å². The summed E-state index contributed by atoms with van der Waals surface area (Å²) in [5, 5.41) is 12.7. The van der Waals surface area contributed by atoms with Gasteiger partial charge < -0.3 is 9.51 Å². The smallest absolute Gasteiger partial charge is 0.274 e. The molecule has 19 heavy (non-hydrogen) atoms. The molecule has 3 heterocycles. The lowest BCUT2D eigenvalue weighted by atomic mass is 10.2. The van der Waals surface area contributed by atoms with Crippen LogP contribution in [0.5, 0.6) is 0 Å². The van der Waals surface area contributed by atoms with E-state index in [2.05, 4.69) is 20.1 Å². The number of rotatable bonds is 3. The minimum atomic E-state index is 0.380. The molecule has 0 saturated heterocycles. The molecule has 92 valence electrons. The van der Waals surface area contributed by atoms with E-state index in [0.717, 1.165) is 5.56 Å². The Bertz CT molecular complexity index is 723. The Morgan fingerprint density at radius 3 is 2.89 bits per heavy atom. The second-order valence-electron chi connectivity index (χ2n) is 3.96. The molecule has 0 unspecified atom stereocenters. The Morgan fingerprint density at radius 2 is 2.16 bits per heavy atom. The van der Waals surface area contributed by atoms with Crippen LogP contribution in [0.2, 0.25) is 0 Å². The van der Waals surface area contributed by atoms with Crippen LogP contribution in [0.4, 0.5) is 0 Å². The number of nitrogens with one attached hydrogen (secondary N) is 1. The van der Waals surface area contributed by atoms with Crippen molar-refractivity contribution in [3.63, 3.8) is 0 Å². The van der Waals surface area contributed by atoms with Crippen molar-refractivity contribution in [3.05, 3.63) is 53.7 Å². The first-order chi connectivity index (χ1) is 9.35. The third-order valence-electron chi connectivity index (χ3n) is 2.62. The molecule has 6 heteroatoms. The molecular formula is C13H9N5O. The average Bonchev–Trinajstić information content (AvgIpc) is 3.08. The molecule has 0 spiro atoms. The van der Waals surface area contributed by atoms with E-state index in [1.165, 1.54) is 0 Å². The second-order valence-corrected chi connectivity index (χ2v) is 3.96. The Balaban J connectivity index is 1.82. The highest BCUT2D eigenvalue weighted by Crippen LogP contribution is 2.17. The van der Waals surface area contributed by atoms with Crippen molar-refractivity contribution in [3.8, 4) is 17.7 Å². The monoisotopic (exact) mass is 251 g/mol. The first-order valence-electron chi connectivity index (χ1n) is 5.65. The fourth-order valence-corrected chi connectivity index (χ4v) is 1.70. The van der Waals surface area contributed by atoms with Gasteiger partial charge in [0.1, 0.15) is 11.8 Å². The van der Waals surface area contributed by atoms with E-state index < -0.39 is 0 Å². The molecule has 0 amide bonds. The maximum atomic E-state index is 8.76. The first-order valence-corrected chi connectivity index (χ1v) is 5.65. The molecule has 3 rings (SSSR count). The van der Waals surface area contributed by atoms with Crippen LogP contribution in [0.25, 0.3) is 11.6 Å². The Morgan fingerprint density at radius 1 is 1.32 bits per heavy atom. The Kier molecular flexibility index (Phi) is 2.79. The normalized spacial score (nSPS) is 10.3. The summed E-state index contributed by atoms with van der Waals surface area (Å²) in [6.45, 7) is 0. The van der Waals surface area contributed by atoms with E-state index in [-0.39, 0.29) is 0 Å². The van der Waals surface area contributed by atoms with Crippen LogP contribution in [0.15, 0.2) is 41.3 Å². The third-order valence-corrected chi connectivity index (χ3v) is 2.62. The molecule has 0 aliphatic rings. The van der Waals surface area contributed by atoms with E-state index >= 15 is 0 Å². The lowest BCUT2D eigenvalue weighted by molar-refractivity contribution is 0.423. The zero-order chi connectivity index (χ0) is 13.1. The summed E-state index contributed by atoms with van der Waals surface area (Å²) >= 11 is 0. The zero-order valence-electron chi connectivity index (χ0n) is 9.87. The number of H-pyrrole nitrogens is 1. The molecule has 0 aliphatic carbocycles. The predicted molar refractivity (Wildman–Crippen MR) is 65.8 cm³/mol. The highest BCUT2D eigenvalue weighted by atomic mass is 16.5. The molecule has 1 N–H and O–H groups in total. The fourth-order valence-electron chi connectivity index (χ4n) is 1.70. The van der Waals surface area contributed by atoms with Crippen LogP contribution in [0.3, 0.4) is 0 Å². The van der Waals surface area contributed by atoms with Gasteiger partial charge in [0.2, 0.25) is 0 Å². The average molecular weight is 251 g/mol. The third kappa shape index (κ3) is 2.35. The summed E-state index contributed by atoms with van der Waals surface area (Å²) in [4.78, 5) is 11.2. The predicted octanol–water partition coefficient (Wildman–Crippen LogP) is 1.92. The van der Waals surface area contributed by atoms with Crippen molar-refractivity contribution in [2.24, 2.45) is 0 Å². The van der Waals surface area contributed by atoms with Crippen LogP contribution >= 0.6 is 0 Å². The summed E-state index contributed by atoms with van der Waals surface area (Å²) in [5.74, 6) is 0.972. The maximum absolute atomic E-state index is 8.76. The van der Waals surface area contributed by atoms with Crippen LogP contribution in [-0.2, 0) is 6.42 Å². The lowest BCUT2D eigenvalue weighted by Crippen LogP contribution is -1.90. The van der Waals surface area contributed by atoms with Crippen LogP contribution < -0.4 is 0 Å². The van der Waals surface area contributed by atoms with Gasteiger partial charge in [-0.3, -0.25) is 4.98 Å². The van der Waals surface area contributed by atoms with Gasteiger partial charge in [0.25, 0.3) is 5.89 Å². The summed E-state index contributed by atoms with van der Waals surface area (Å²) in [7, 11) is 0. The number of aromatic nitrogens is 4. The summed E-state index contributed by atoms with van der Waals surface area (Å²) in [6.07, 6.45) is 5.63. The number of pyridine rings is 1. The van der Waals surface area contributed by atoms with E-state index in [9.17, 15) is 0 Å². The molecule has 0 atom stereocenters. The molecule has 0 aliphatic heterocycles. The molecule has 0 bridgehead atoms. The highest BCUT2D eigenvalue weighted by Gasteiger charge is 2.11. The minimum Gasteiger partial charge on any atom is -0.356 e. The standard InChI is InChI=1S/C13H9N5O/c14-7-10-5-11(16-8-10)13-17-12(18-19-13)6-9-1-3-15-4-2-9/h1-5,8,16H,6H2. The fraction of sp³-hybridized carbons (Fsp3) is 0.0769. The van der Waals surface area contributed by atoms with Gasteiger partial charge in [-0.2, -0.15) is 10.2 Å². The van der Waals surface area contributed by atoms with Crippen molar-refractivity contribution in [1.82, 2.24) is 20.1 Å². The van der Waals surface area contributed by atoms with Crippen molar-refractivity contribution in [2.75, 3.05) is 0 Å². The number of hydrogen-bond acceptors (Lipinski definition) is 5. The van der Waals surface area contributed by atoms with Crippen LogP contribution in [0.1, 0.15) is 17.0 Å². The van der Waals surface area contributed by atoms with Crippen molar-refractivity contribution < 1.29 is 4.52 Å².